The van der Waals surface area contributed by atoms with Crippen LogP contribution in [-0.4, -0.2) is 43.2 Å². The molecule has 1 fully saturated rings. The molecular formula is C17H19N3O5S. The molecule has 2 aliphatic heterocycles. The fourth-order valence-electron chi connectivity index (χ4n) is 3.23. The topological polar surface area (TPSA) is 110 Å². The molecule has 2 unspecified atom stereocenters. The van der Waals surface area contributed by atoms with Crippen LogP contribution >= 0.6 is 0 Å². The van der Waals surface area contributed by atoms with Gasteiger partial charge in [-0.2, -0.15) is 0 Å². The fourth-order valence-corrected chi connectivity index (χ4v) is 4.75. The van der Waals surface area contributed by atoms with Crippen molar-refractivity contribution in [2.75, 3.05) is 25.1 Å². The van der Waals surface area contributed by atoms with E-state index >= 15 is 0 Å². The highest BCUT2D eigenvalue weighted by Crippen LogP contribution is 2.33. The number of anilines is 1. The van der Waals surface area contributed by atoms with Crippen molar-refractivity contribution in [2.24, 2.45) is 5.92 Å². The summed E-state index contributed by atoms with van der Waals surface area (Å²) in [5.74, 6) is 0.00301. The number of nitrogens with one attached hydrogen (secondary N) is 2. The van der Waals surface area contributed by atoms with Gasteiger partial charge in [0.2, 0.25) is 0 Å². The first-order chi connectivity index (χ1) is 12.5. The molecule has 8 nitrogen and oxygen atoms in total. The van der Waals surface area contributed by atoms with Crippen LogP contribution in [0.2, 0.25) is 0 Å². The number of hydrogen-bond donors (Lipinski definition) is 3. The molecule has 1 aromatic carbocycles. The fraction of sp³-hybridized carbons (Fsp3) is 0.353. The Hall–Kier alpha value is -2.36. The summed E-state index contributed by atoms with van der Waals surface area (Å²) in [6.45, 7) is 1.85. The Bertz CT molecular complexity index is 947. The first-order valence-corrected chi connectivity index (χ1v) is 9.78. The van der Waals surface area contributed by atoms with Crippen LogP contribution in [-0.2, 0) is 14.8 Å². The third-order valence-electron chi connectivity index (χ3n) is 4.67. The largest absolute Gasteiger partial charge is 0.381 e. The van der Waals surface area contributed by atoms with Crippen molar-refractivity contribution in [1.82, 2.24) is 9.29 Å². The standard InChI is InChI=1S/C17H19N3O5S/c21-16(18-9-11-5-7-25-10-11)12-3-4-15-13(8-12)19-17(22)14-2-1-6-20(14)26(15,23)24/h1-4,6,8,11,17,19,22H,5,7,9-10H2,(H,18,21). The maximum absolute atomic E-state index is 12.8. The first-order valence-electron chi connectivity index (χ1n) is 8.34. The van der Waals surface area contributed by atoms with E-state index in [9.17, 15) is 18.3 Å². The summed E-state index contributed by atoms with van der Waals surface area (Å²) in [4.78, 5) is 12.4. The molecule has 1 saturated heterocycles. The first kappa shape index (κ1) is 17.1. The van der Waals surface area contributed by atoms with E-state index in [0.29, 0.717) is 31.2 Å². The molecule has 138 valence electrons. The SMILES string of the molecule is O=C(NCC1CCOC1)c1ccc2c(c1)NC(O)c1cccn1S2(=O)=O. The van der Waals surface area contributed by atoms with Crippen LogP contribution in [0.4, 0.5) is 5.69 Å². The van der Waals surface area contributed by atoms with E-state index in [-0.39, 0.29) is 22.2 Å². The lowest BCUT2D eigenvalue weighted by molar-refractivity contribution is 0.0945. The summed E-state index contributed by atoms with van der Waals surface area (Å²) in [5.41, 5.74) is 0.732. The smallest absolute Gasteiger partial charge is 0.270 e. The van der Waals surface area contributed by atoms with Crippen molar-refractivity contribution in [2.45, 2.75) is 17.5 Å². The quantitative estimate of drug-likeness (QED) is 0.733. The predicted octanol–water partition coefficient (Wildman–Crippen LogP) is 0.908. The monoisotopic (exact) mass is 377 g/mol. The Morgan fingerprint density at radius 3 is 3.00 bits per heavy atom. The van der Waals surface area contributed by atoms with Crippen molar-refractivity contribution < 1.29 is 23.1 Å². The Morgan fingerprint density at radius 2 is 2.23 bits per heavy atom. The van der Waals surface area contributed by atoms with Gasteiger partial charge in [-0.05, 0) is 36.8 Å². The molecule has 0 radical (unpaired) electrons. The van der Waals surface area contributed by atoms with Crippen molar-refractivity contribution in [3.8, 4) is 0 Å². The van der Waals surface area contributed by atoms with Crippen LogP contribution < -0.4 is 10.6 Å². The average molecular weight is 377 g/mol. The molecule has 3 heterocycles. The molecule has 0 spiro atoms. The van der Waals surface area contributed by atoms with E-state index in [2.05, 4.69) is 10.6 Å². The number of carbonyl (C=O) groups excluding carboxylic acids is 1. The summed E-state index contributed by atoms with van der Waals surface area (Å²) in [5, 5.41) is 15.9. The van der Waals surface area contributed by atoms with Crippen molar-refractivity contribution in [3.05, 3.63) is 47.8 Å². The van der Waals surface area contributed by atoms with E-state index in [1.807, 2.05) is 0 Å². The van der Waals surface area contributed by atoms with Gasteiger partial charge in [0, 0.05) is 30.8 Å². The van der Waals surface area contributed by atoms with E-state index in [1.54, 1.807) is 6.07 Å². The van der Waals surface area contributed by atoms with Gasteiger partial charge in [0.05, 0.1) is 18.0 Å². The number of aromatic nitrogens is 1. The second-order valence-corrected chi connectivity index (χ2v) is 8.21. The van der Waals surface area contributed by atoms with Crippen molar-refractivity contribution >= 4 is 21.6 Å². The molecule has 2 aliphatic rings. The summed E-state index contributed by atoms with van der Waals surface area (Å²) < 4.78 is 31.9. The summed E-state index contributed by atoms with van der Waals surface area (Å²) in [7, 11) is -3.85. The number of rotatable bonds is 3. The molecule has 3 N–H and O–H groups in total. The average Bonchev–Trinajstić information content (AvgIpc) is 3.29. The second kappa shape index (κ2) is 6.42. The summed E-state index contributed by atoms with van der Waals surface area (Å²) in [6.07, 6.45) is 1.10. The lowest BCUT2D eigenvalue weighted by atomic mass is 10.1. The second-order valence-electron chi connectivity index (χ2n) is 6.43. The maximum Gasteiger partial charge on any atom is 0.270 e. The number of aliphatic hydroxyl groups excluding tert-OH is 1. The number of benzene rings is 1. The highest BCUT2D eigenvalue weighted by Gasteiger charge is 2.30. The molecule has 1 amide bonds. The molecular weight excluding hydrogens is 358 g/mol. The molecule has 0 aliphatic carbocycles. The van der Waals surface area contributed by atoms with Gasteiger partial charge in [-0.3, -0.25) is 4.79 Å². The lowest BCUT2D eigenvalue weighted by Crippen LogP contribution is -2.29. The van der Waals surface area contributed by atoms with E-state index in [0.717, 1.165) is 10.4 Å². The lowest BCUT2D eigenvalue weighted by Gasteiger charge is -2.13. The van der Waals surface area contributed by atoms with Gasteiger partial charge < -0.3 is 20.5 Å². The van der Waals surface area contributed by atoms with Gasteiger partial charge in [-0.25, -0.2) is 12.4 Å². The third-order valence-corrected chi connectivity index (χ3v) is 6.43. The van der Waals surface area contributed by atoms with Gasteiger partial charge in [-0.15, -0.1) is 0 Å². The molecule has 4 rings (SSSR count). The molecule has 1 aromatic heterocycles. The molecule has 0 bridgehead atoms. The minimum atomic E-state index is -3.85. The van der Waals surface area contributed by atoms with Gasteiger partial charge in [0.1, 0.15) is 4.90 Å². The van der Waals surface area contributed by atoms with Gasteiger partial charge in [0.15, 0.2) is 6.23 Å². The van der Waals surface area contributed by atoms with Crippen molar-refractivity contribution in [3.63, 3.8) is 0 Å². The van der Waals surface area contributed by atoms with E-state index in [4.69, 9.17) is 4.74 Å². The number of fused-ring (bicyclic) bond motifs is 2. The van der Waals surface area contributed by atoms with Crippen LogP contribution in [0.3, 0.4) is 0 Å². The Morgan fingerprint density at radius 1 is 1.38 bits per heavy atom. The molecule has 0 saturated carbocycles. The minimum Gasteiger partial charge on any atom is -0.381 e. The number of nitrogens with zero attached hydrogens (tertiary/aromatic N) is 1. The number of aliphatic hydroxyl groups is 1. The van der Waals surface area contributed by atoms with Crippen LogP contribution in [0.25, 0.3) is 0 Å². The number of carbonyl (C=O) groups is 1. The minimum absolute atomic E-state index is 0.00671. The molecule has 2 aromatic rings. The Kier molecular flexibility index (Phi) is 4.22. The maximum atomic E-state index is 12.8. The van der Waals surface area contributed by atoms with Crippen LogP contribution in [0.15, 0.2) is 41.4 Å². The molecule has 2 atom stereocenters. The Balaban J connectivity index is 1.62. The van der Waals surface area contributed by atoms with Gasteiger partial charge in [-0.1, -0.05) is 0 Å². The number of ether oxygens (including phenoxy) is 1. The number of hydrogen-bond acceptors (Lipinski definition) is 6. The van der Waals surface area contributed by atoms with E-state index < -0.39 is 16.3 Å². The highest BCUT2D eigenvalue weighted by molar-refractivity contribution is 7.90. The Labute approximate surface area is 150 Å². The van der Waals surface area contributed by atoms with Crippen molar-refractivity contribution in [1.29, 1.82) is 0 Å². The predicted molar refractivity (Wildman–Crippen MR) is 93.3 cm³/mol. The summed E-state index contributed by atoms with van der Waals surface area (Å²) >= 11 is 0. The highest BCUT2D eigenvalue weighted by atomic mass is 32.2. The van der Waals surface area contributed by atoms with E-state index in [1.165, 1.54) is 30.5 Å². The van der Waals surface area contributed by atoms with Gasteiger partial charge in [0.25, 0.3) is 15.9 Å². The summed E-state index contributed by atoms with van der Waals surface area (Å²) in [6, 6.07) is 7.38. The van der Waals surface area contributed by atoms with Crippen LogP contribution in [0.5, 0.6) is 0 Å². The normalized spacial score (nSPS) is 23.4. The zero-order valence-electron chi connectivity index (χ0n) is 13.9. The molecule has 9 heteroatoms. The van der Waals surface area contributed by atoms with Crippen LogP contribution in [0.1, 0.15) is 28.7 Å². The third kappa shape index (κ3) is 2.87. The number of amides is 1. The zero-order valence-corrected chi connectivity index (χ0v) is 14.7. The van der Waals surface area contributed by atoms with Gasteiger partial charge >= 0.3 is 0 Å². The molecule has 26 heavy (non-hydrogen) atoms. The van der Waals surface area contributed by atoms with Crippen LogP contribution in [0, 0.1) is 5.92 Å². The zero-order chi connectivity index (χ0) is 18.3.